The average Bonchev–Trinajstić information content (AvgIpc) is 3.52. The van der Waals surface area contributed by atoms with Crippen LogP contribution in [0.15, 0.2) is 12.2 Å². The van der Waals surface area contributed by atoms with E-state index in [-0.39, 0.29) is 18.9 Å². The fourth-order valence-electron chi connectivity index (χ4n) is 11.3. The fraction of sp³-hybridized carbons (Fsp3) is 0.952. The van der Waals surface area contributed by atoms with Gasteiger partial charge in [0.2, 0.25) is 5.91 Å². The molecule has 17 unspecified atom stereocenters. The highest BCUT2D eigenvalue weighted by molar-refractivity contribution is 5.76. The maximum atomic E-state index is 13.3. The zero-order chi connectivity index (χ0) is 59.0. The first-order valence-corrected chi connectivity index (χ1v) is 32.4. The van der Waals surface area contributed by atoms with E-state index < -0.39 is 124 Å². The molecule has 17 atom stereocenters. The summed E-state index contributed by atoms with van der Waals surface area (Å²) in [6.07, 6.45) is 20.5. The van der Waals surface area contributed by atoms with Crippen LogP contribution in [0.5, 0.6) is 0 Å². The number of aliphatic hydroxyl groups is 11. The van der Waals surface area contributed by atoms with Gasteiger partial charge in [0.1, 0.15) is 73.2 Å². The molecule has 3 aliphatic rings. The number of unbranched alkanes of at least 4 members (excludes halogenated alkanes) is 33. The maximum absolute atomic E-state index is 13.3. The van der Waals surface area contributed by atoms with Crippen LogP contribution in [0.25, 0.3) is 0 Å². The summed E-state index contributed by atoms with van der Waals surface area (Å²) < 4.78 is 34.3. The molecule has 19 heteroatoms. The molecule has 478 valence electrons. The molecule has 0 aromatic carbocycles. The third-order valence-electron chi connectivity index (χ3n) is 16.6. The van der Waals surface area contributed by atoms with Crippen LogP contribution in [0, 0.1) is 0 Å². The first-order chi connectivity index (χ1) is 39.3. The van der Waals surface area contributed by atoms with Crippen molar-refractivity contribution >= 4 is 5.91 Å². The lowest BCUT2D eigenvalue weighted by Gasteiger charge is -2.48. The van der Waals surface area contributed by atoms with Crippen LogP contribution in [0.2, 0.25) is 0 Å². The highest BCUT2D eigenvalue weighted by Crippen LogP contribution is 2.33. The Morgan fingerprint density at radius 1 is 0.432 bits per heavy atom. The van der Waals surface area contributed by atoms with Gasteiger partial charge in [0, 0.05) is 6.42 Å². The number of hydrogen-bond acceptors (Lipinski definition) is 18. The number of hydrogen-bond donors (Lipinski definition) is 12. The van der Waals surface area contributed by atoms with Crippen molar-refractivity contribution in [1.29, 1.82) is 0 Å². The Kier molecular flexibility index (Phi) is 41.7. The number of aliphatic hydroxyl groups excluding tert-OH is 11. The van der Waals surface area contributed by atoms with E-state index in [0.717, 1.165) is 44.9 Å². The number of nitrogens with one attached hydrogen (secondary N) is 1. The molecule has 3 aliphatic heterocycles. The summed E-state index contributed by atoms with van der Waals surface area (Å²) in [5.41, 5.74) is 0. The Bertz CT molecular complexity index is 1530. The Balaban J connectivity index is 1.46. The molecule has 3 heterocycles. The van der Waals surface area contributed by atoms with Gasteiger partial charge >= 0.3 is 0 Å². The van der Waals surface area contributed by atoms with E-state index in [4.69, 9.17) is 28.4 Å². The van der Waals surface area contributed by atoms with Crippen LogP contribution in [0.3, 0.4) is 0 Å². The van der Waals surface area contributed by atoms with Crippen molar-refractivity contribution in [2.24, 2.45) is 0 Å². The summed E-state index contributed by atoms with van der Waals surface area (Å²) in [6, 6.07) is -0.967. The third-order valence-corrected chi connectivity index (χ3v) is 16.6. The van der Waals surface area contributed by atoms with Crippen molar-refractivity contribution in [2.45, 2.75) is 349 Å². The second-order valence-electron chi connectivity index (χ2n) is 23.6. The van der Waals surface area contributed by atoms with Gasteiger partial charge in [-0.15, -0.1) is 0 Å². The molecule has 0 aromatic rings. The molecule has 0 aromatic heterocycles. The predicted molar refractivity (Wildman–Crippen MR) is 310 cm³/mol. The Morgan fingerprint density at radius 3 is 1.16 bits per heavy atom. The molecular formula is C62H117NO18. The SMILES string of the molecule is CCCCCCCCCCCCCCCCCCCCCCC/C=C/C(O)C(COC1OC(CO)C(OC2OC(CO)C(OC3OC(CO)C(O)C(O)C3O)C(O)C2O)C(O)C1O)NC(=O)CCCCCCCCCCCCCCC. The number of allylic oxidation sites excluding steroid dienone is 1. The molecule has 0 saturated carbocycles. The lowest BCUT2D eigenvalue weighted by Crippen LogP contribution is -2.66. The quantitative estimate of drug-likeness (QED) is 0.0217. The summed E-state index contributed by atoms with van der Waals surface area (Å²) in [7, 11) is 0. The summed E-state index contributed by atoms with van der Waals surface area (Å²) in [5, 5.41) is 120. The molecule has 3 saturated heterocycles. The summed E-state index contributed by atoms with van der Waals surface area (Å²) >= 11 is 0. The Labute approximate surface area is 486 Å². The van der Waals surface area contributed by atoms with Gasteiger partial charge in [-0.1, -0.05) is 231 Å². The van der Waals surface area contributed by atoms with E-state index in [1.165, 1.54) is 173 Å². The van der Waals surface area contributed by atoms with Crippen LogP contribution in [0.4, 0.5) is 0 Å². The summed E-state index contributed by atoms with van der Waals surface area (Å²) in [6.45, 7) is 1.74. The molecule has 0 spiro atoms. The van der Waals surface area contributed by atoms with Gasteiger partial charge in [-0.25, -0.2) is 0 Å². The molecule has 81 heavy (non-hydrogen) atoms. The van der Waals surface area contributed by atoms with E-state index in [0.29, 0.717) is 6.42 Å². The van der Waals surface area contributed by atoms with E-state index in [9.17, 15) is 61.0 Å². The molecule has 3 fully saturated rings. The van der Waals surface area contributed by atoms with Crippen molar-refractivity contribution in [1.82, 2.24) is 5.32 Å². The Hall–Kier alpha value is -1.47. The van der Waals surface area contributed by atoms with Crippen LogP contribution < -0.4 is 5.32 Å². The minimum Gasteiger partial charge on any atom is -0.394 e. The molecule has 12 N–H and O–H groups in total. The van der Waals surface area contributed by atoms with Crippen molar-refractivity contribution in [3.05, 3.63) is 12.2 Å². The van der Waals surface area contributed by atoms with Gasteiger partial charge in [0.05, 0.1) is 38.6 Å². The highest BCUT2D eigenvalue weighted by Gasteiger charge is 2.53. The van der Waals surface area contributed by atoms with Crippen LogP contribution in [0.1, 0.15) is 245 Å². The molecule has 1 amide bonds. The second kappa shape index (κ2) is 45.8. The lowest BCUT2D eigenvalue weighted by molar-refractivity contribution is -0.379. The van der Waals surface area contributed by atoms with E-state index in [1.807, 2.05) is 6.08 Å². The first kappa shape index (κ1) is 73.8. The molecule has 0 aliphatic carbocycles. The topological polar surface area (TPSA) is 307 Å². The van der Waals surface area contributed by atoms with Gasteiger partial charge in [0.15, 0.2) is 18.9 Å². The zero-order valence-corrected chi connectivity index (χ0v) is 50.0. The largest absolute Gasteiger partial charge is 0.394 e. The minimum atomic E-state index is -1.97. The molecule has 0 bridgehead atoms. The van der Waals surface area contributed by atoms with Crippen molar-refractivity contribution < 1.29 is 89.4 Å². The van der Waals surface area contributed by atoms with Gasteiger partial charge in [0.25, 0.3) is 0 Å². The Morgan fingerprint density at radius 2 is 0.765 bits per heavy atom. The van der Waals surface area contributed by atoms with Crippen molar-refractivity contribution in [3.63, 3.8) is 0 Å². The van der Waals surface area contributed by atoms with Gasteiger partial charge in [-0.3, -0.25) is 4.79 Å². The minimum absolute atomic E-state index is 0.249. The smallest absolute Gasteiger partial charge is 0.220 e. The summed E-state index contributed by atoms with van der Waals surface area (Å²) in [5.74, 6) is -0.273. The monoisotopic (exact) mass is 1160 g/mol. The van der Waals surface area contributed by atoms with Crippen LogP contribution in [-0.2, 0) is 33.2 Å². The van der Waals surface area contributed by atoms with E-state index >= 15 is 0 Å². The van der Waals surface area contributed by atoms with Gasteiger partial charge in [-0.05, 0) is 19.3 Å². The molecular weight excluding hydrogens is 1050 g/mol. The predicted octanol–water partition coefficient (Wildman–Crippen LogP) is 6.94. The fourth-order valence-corrected chi connectivity index (χ4v) is 11.3. The molecule has 19 nitrogen and oxygen atoms in total. The number of rotatable bonds is 49. The molecule has 0 radical (unpaired) electrons. The first-order valence-electron chi connectivity index (χ1n) is 32.4. The molecule has 3 rings (SSSR count). The van der Waals surface area contributed by atoms with Crippen LogP contribution >= 0.6 is 0 Å². The van der Waals surface area contributed by atoms with Gasteiger partial charge in [-0.2, -0.15) is 0 Å². The zero-order valence-electron chi connectivity index (χ0n) is 50.0. The summed E-state index contributed by atoms with van der Waals surface area (Å²) in [4.78, 5) is 13.3. The number of amides is 1. The average molecular weight is 1160 g/mol. The number of carbonyl (C=O) groups is 1. The second-order valence-corrected chi connectivity index (χ2v) is 23.6. The van der Waals surface area contributed by atoms with Crippen molar-refractivity contribution in [2.75, 3.05) is 26.4 Å². The van der Waals surface area contributed by atoms with Crippen molar-refractivity contribution in [3.8, 4) is 0 Å². The maximum Gasteiger partial charge on any atom is 0.220 e. The van der Waals surface area contributed by atoms with E-state index in [2.05, 4.69) is 19.2 Å². The standard InChI is InChI=1S/C62H117NO18/c1-3-5-7-9-11-13-15-17-18-19-20-21-22-23-24-25-26-28-29-31-33-35-37-39-46(67)45(63-50(68)40-38-36-34-32-30-27-16-14-12-10-8-6-4-2)44-76-60-56(74)53(71)58(48(42-65)78-60)81-62-57(75)54(72)59(49(43-66)79-62)80-61-55(73)52(70)51(69)47(41-64)77-61/h37,39,45-49,51-62,64-67,69-75H,3-36,38,40-44H2,1-2H3,(H,63,68)/b39-37+. The normalized spacial score (nSPS) is 29.8. The number of ether oxygens (including phenoxy) is 6. The van der Waals surface area contributed by atoms with Crippen LogP contribution in [-0.4, -0.2) is 193 Å². The van der Waals surface area contributed by atoms with Gasteiger partial charge < -0.3 is 89.9 Å². The number of carbonyl (C=O) groups excluding carboxylic acids is 1. The third kappa shape index (κ3) is 29.2. The highest BCUT2D eigenvalue weighted by atomic mass is 16.8. The van der Waals surface area contributed by atoms with E-state index in [1.54, 1.807) is 6.08 Å². The lowest BCUT2D eigenvalue weighted by atomic mass is 9.96.